The molecule has 134 valence electrons. The smallest absolute Gasteiger partial charge is 0.0706 e. The number of rotatable bonds is 4. The van der Waals surface area contributed by atoms with Crippen LogP contribution in [0, 0.1) is 5.92 Å². The number of aliphatic hydroxyl groups is 1. The van der Waals surface area contributed by atoms with E-state index in [1.54, 1.807) is 0 Å². The van der Waals surface area contributed by atoms with Crippen molar-refractivity contribution in [3.63, 3.8) is 0 Å². The average Bonchev–Trinajstić information content (AvgIpc) is 3.25. The number of ether oxygens (including phenoxy) is 1. The van der Waals surface area contributed by atoms with Gasteiger partial charge in [-0.15, -0.1) is 0 Å². The number of hydrogen-bond donors (Lipinski definition) is 2. The second kappa shape index (κ2) is 6.90. The Bertz CT molecular complexity index is 698. The molecule has 3 heterocycles. The molecule has 0 unspecified atom stereocenters. The zero-order chi connectivity index (χ0) is 17.3. The molecule has 2 aliphatic rings. The number of nitrogens with one attached hydrogen (secondary N) is 1. The van der Waals surface area contributed by atoms with Crippen LogP contribution in [-0.4, -0.2) is 51.6 Å². The highest BCUT2D eigenvalue weighted by Crippen LogP contribution is 2.37. The topological polar surface area (TPSA) is 61.4 Å². The largest absolute Gasteiger partial charge is 0.390 e. The summed E-state index contributed by atoms with van der Waals surface area (Å²) >= 11 is 0. The number of likely N-dealkylation sites (tertiary alicyclic amines) is 1. The van der Waals surface area contributed by atoms with Crippen molar-refractivity contribution < 1.29 is 9.84 Å². The fourth-order valence-electron chi connectivity index (χ4n) is 4.39. The molecule has 5 heteroatoms. The maximum Gasteiger partial charge on any atom is 0.0706 e. The molecule has 2 aromatic rings. The molecule has 25 heavy (non-hydrogen) atoms. The molecule has 0 amide bonds. The highest BCUT2D eigenvalue weighted by Gasteiger charge is 2.44. The van der Waals surface area contributed by atoms with E-state index in [0.717, 1.165) is 31.6 Å². The number of hydrogen-bond acceptors (Lipinski definition) is 4. The van der Waals surface area contributed by atoms with Gasteiger partial charge in [-0.2, -0.15) is 5.10 Å². The molecule has 0 aliphatic carbocycles. The average molecular weight is 341 g/mol. The SMILES string of the molecule is C[C@]1(O)CCOC[C@@H]1[C@@H]1CCCN1Cc1cn[nH]c1-c1ccccc1. The fourth-order valence-corrected chi connectivity index (χ4v) is 4.39. The van der Waals surface area contributed by atoms with Gasteiger partial charge in [-0.05, 0) is 38.3 Å². The normalized spacial score (nSPS) is 30.6. The molecule has 2 fully saturated rings. The summed E-state index contributed by atoms with van der Waals surface area (Å²) in [6.07, 6.45) is 4.97. The van der Waals surface area contributed by atoms with Crippen LogP contribution in [0.1, 0.15) is 31.7 Å². The molecule has 2 saturated heterocycles. The standard InChI is InChI=1S/C20H27N3O2/c1-20(24)9-11-25-14-17(20)18-8-5-10-23(18)13-16-12-21-22-19(16)15-6-3-2-4-7-15/h2-4,6-7,12,17-18,24H,5,8-11,13-14H2,1H3,(H,21,22)/t17-,18+,20+/m1/s1. The van der Waals surface area contributed by atoms with E-state index in [2.05, 4.69) is 39.4 Å². The lowest BCUT2D eigenvalue weighted by Gasteiger charge is -2.43. The van der Waals surface area contributed by atoms with Crippen molar-refractivity contribution in [1.82, 2.24) is 15.1 Å². The first kappa shape index (κ1) is 16.8. The molecule has 0 saturated carbocycles. The van der Waals surface area contributed by atoms with Gasteiger partial charge in [-0.25, -0.2) is 0 Å². The molecule has 0 spiro atoms. The Morgan fingerprint density at radius 2 is 2.20 bits per heavy atom. The molecular weight excluding hydrogens is 314 g/mol. The van der Waals surface area contributed by atoms with Crippen LogP contribution >= 0.6 is 0 Å². The van der Waals surface area contributed by atoms with Gasteiger partial charge in [-0.3, -0.25) is 10.00 Å². The second-order valence-corrected chi connectivity index (χ2v) is 7.60. The molecule has 1 aromatic heterocycles. The van der Waals surface area contributed by atoms with E-state index in [1.165, 1.54) is 17.5 Å². The van der Waals surface area contributed by atoms with Crippen LogP contribution < -0.4 is 0 Å². The lowest BCUT2D eigenvalue weighted by atomic mass is 9.79. The van der Waals surface area contributed by atoms with Gasteiger partial charge in [0.05, 0.1) is 24.1 Å². The van der Waals surface area contributed by atoms with E-state index < -0.39 is 5.60 Å². The molecular formula is C20H27N3O2. The summed E-state index contributed by atoms with van der Waals surface area (Å²) in [4.78, 5) is 2.51. The van der Waals surface area contributed by atoms with Gasteiger partial charge in [0.15, 0.2) is 0 Å². The molecule has 3 atom stereocenters. The fraction of sp³-hybridized carbons (Fsp3) is 0.550. The Balaban J connectivity index is 1.54. The summed E-state index contributed by atoms with van der Waals surface area (Å²) in [7, 11) is 0. The van der Waals surface area contributed by atoms with E-state index in [0.29, 0.717) is 19.3 Å². The van der Waals surface area contributed by atoms with E-state index in [1.807, 2.05) is 19.2 Å². The van der Waals surface area contributed by atoms with Gasteiger partial charge < -0.3 is 9.84 Å². The van der Waals surface area contributed by atoms with Gasteiger partial charge >= 0.3 is 0 Å². The van der Waals surface area contributed by atoms with Gasteiger partial charge in [0.2, 0.25) is 0 Å². The number of benzene rings is 1. The molecule has 4 rings (SSSR count). The Hall–Kier alpha value is -1.69. The van der Waals surface area contributed by atoms with Crippen molar-refractivity contribution in [2.24, 2.45) is 5.92 Å². The van der Waals surface area contributed by atoms with E-state index in [-0.39, 0.29) is 5.92 Å². The Kier molecular flexibility index (Phi) is 4.63. The number of H-pyrrole nitrogens is 1. The third kappa shape index (κ3) is 3.36. The summed E-state index contributed by atoms with van der Waals surface area (Å²) < 4.78 is 5.70. The summed E-state index contributed by atoms with van der Waals surface area (Å²) in [6, 6.07) is 10.7. The van der Waals surface area contributed by atoms with Crippen molar-refractivity contribution in [1.29, 1.82) is 0 Å². The number of aromatic amines is 1. The molecule has 1 aromatic carbocycles. The van der Waals surface area contributed by atoms with Crippen molar-refractivity contribution in [3.8, 4) is 11.3 Å². The minimum Gasteiger partial charge on any atom is -0.390 e. The van der Waals surface area contributed by atoms with Crippen LogP contribution in [0.5, 0.6) is 0 Å². The van der Waals surface area contributed by atoms with Crippen LogP contribution in [0.2, 0.25) is 0 Å². The third-order valence-electron chi connectivity index (χ3n) is 5.88. The van der Waals surface area contributed by atoms with Crippen molar-refractivity contribution >= 4 is 0 Å². The number of nitrogens with zero attached hydrogens (tertiary/aromatic N) is 2. The number of aromatic nitrogens is 2. The maximum absolute atomic E-state index is 10.8. The van der Waals surface area contributed by atoms with Gasteiger partial charge in [0.1, 0.15) is 0 Å². The van der Waals surface area contributed by atoms with Crippen molar-refractivity contribution in [2.45, 2.75) is 44.4 Å². The van der Waals surface area contributed by atoms with Crippen LogP contribution in [-0.2, 0) is 11.3 Å². The predicted octanol–water partition coefficient (Wildman–Crippen LogP) is 2.83. The van der Waals surface area contributed by atoms with Crippen LogP contribution in [0.4, 0.5) is 0 Å². The third-order valence-corrected chi connectivity index (χ3v) is 5.88. The summed E-state index contributed by atoms with van der Waals surface area (Å²) in [5, 5.41) is 18.3. The van der Waals surface area contributed by atoms with Gasteiger partial charge in [0, 0.05) is 30.7 Å². The lowest BCUT2D eigenvalue weighted by Crippen LogP contribution is -2.52. The summed E-state index contributed by atoms with van der Waals surface area (Å²) in [5.41, 5.74) is 2.84. The summed E-state index contributed by atoms with van der Waals surface area (Å²) in [6.45, 7) is 5.22. The second-order valence-electron chi connectivity index (χ2n) is 7.60. The molecule has 2 aliphatic heterocycles. The minimum atomic E-state index is -0.635. The maximum atomic E-state index is 10.8. The predicted molar refractivity (Wildman–Crippen MR) is 97.0 cm³/mol. The Labute approximate surface area is 149 Å². The monoisotopic (exact) mass is 341 g/mol. The van der Waals surface area contributed by atoms with Crippen LogP contribution in [0.3, 0.4) is 0 Å². The molecule has 0 radical (unpaired) electrons. The minimum absolute atomic E-state index is 0.177. The zero-order valence-corrected chi connectivity index (χ0v) is 14.8. The Morgan fingerprint density at radius 1 is 1.36 bits per heavy atom. The first-order valence-electron chi connectivity index (χ1n) is 9.27. The van der Waals surface area contributed by atoms with Crippen LogP contribution in [0.15, 0.2) is 36.5 Å². The molecule has 2 N–H and O–H groups in total. The highest BCUT2D eigenvalue weighted by atomic mass is 16.5. The zero-order valence-electron chi connectivity index (χ0n) is 14.8. The van der Waals surface area contributed by atoms with E-state index in [9.17, 15) is 5.11 Å². The van der Waals surface area contributed by atoms with Crippen LogP contribution in [0.25, 0.3) is 11.3 Å². The van der Waals surface area contributed by atoms with E-state index in [4.69, 9.17) is 4.74 Å². The molecule has 5 nitrogen and oxygen atoms in total. The molecule has 0 bridgehead atoms. The van der Waals surface area contributed by atoms with Gasteiger partial charge in [0.25, 0.3) is 0 Å². The Morgan fingerprint density at radius 3 is 3.00 bits per heavy atom. The highest BCUT2D eigenvalue weighted by molar-refractivity contribution is 5.62. The summed E-state index contributed by atoms with van der Waals surface area (Å²) in [5.74, 6) is 0.177. The first-order valence-corrected chi connectivity index (χ1v) is 9.27. The first-order chi connectivity index (χ1) is 12.1. The van der Waals surface area contributed by atoms with E-state index >= 15 is 0 Å². The van der Waals surface area contributed by atoms with Gasteiger partial charge in [-0.1, -0.05) is 30.3 Å². The van der Waals surface area contributed by atoms with Crippen molar-refractivity contribution in [3.05, 3.63) is 42.1 Å². The quantitative estimate of drug-likeness (QED) is 0.898. The lowest BCUT2D eigenvalue weighted by molar-refractivity contribution is -0.123. The van der Waals surface area contributed by atoms with Crippen molar-refractivity contribution in [2.75, 3.05) is 19.8 Å².